The summed E-state index contributed by atoms with van der Waals surface area (Å²) in [5, 5.41) is 2.59. The Morgan fingerprint density at radius 3 is 2.22 bits per heavy atom. The molecule has 3 aromatic rings. The molecule has 0 spiro atoms. The molecule has 0 radical (unpaired) electrons. The number of aryl methyl sites for hydroxylation is 1. The normalized spacial score (nSPS) is 13.9. The molecule has 0 unspecified atom stereocenters. The first kappa shape index (κ1) is 25.2. The van der Waals surface area contributed by atoms with Crippen LogP contribution in [0.3, 0.4) is 0 Å². The van der Waals surface area contributed by atoms with E-state index in [1.165, 1.54) is 37.3 Å². The topological polar surface area (TPSA) is 96.0 Å². The summed E-state index contributed by atoms with van der Waals surface area (Å²) >= 11 is 0. The standard InChI is InChI=1S/C27H29N3O5S/c1-19-8-11-22(12-9-19)36(33,34)26-13-10-21(18-23(26)28-20(2)31)27(32)30-16-14-29(15-17-30)24-6-4-5-7-25(24)35-3/h4-13,18H,14-17H2,1-3H3,(H,28,31). The van der Waals surface area contributed by atoms with Gasteiger partial charge in [-0.3, -0.25) is 9.59 Å². The summed E-state index contributed by atoms with van der Waals surface area (Å²) < 4.78 is 32.0. The molecule has 0 aliphatic carbocycles. The number of sulfone groups is 1. The molecule has 0 atom stereocenters. The van der Waals surface area contributed by atoms with Crippen molar-refractivity contribution in [1.29, 1.82) is 0 Å². The molecule has 1 N–H and O–H groups in total. The summed E-state index contributed by atoms with van der Waals surface area (Å²) in [5.41, 5.74) is 2.31. The second-order valence-electron chi connectivity index (χ2n) is 8.66. The van der Waals surface area contributed by atoms with E-state index in [-0.39, 0.29) is 21.4 Å². The number of nitrogens with zero attached hydrogens (tertiary/aromatic N) is 2. The number of anilines is 2. The number of carbonyl (C=O) groups excluding carboxylic acids is 2. The molecule has 3 aromatic carbocycles. The lowest BCUT2D eigenvalue weighted by Gasteiger charge is -2.36. The number of amides is 2. The highest BCUT2D eigenvalue weighted by atomic mass is 32.2. The van der Waals surface area contributed by atoms with Crippen LogP contribution in [0.5, 0.6) is 5.75 Å². The number of benzene rings is 3. The van der Waals surface area contributed by atoms with Gasteiger partial charge >= 0.3 is 0 Å². The number of para-hydroxylation sites is 2. The number of piperazine rings is 1. The first-order valence-corrected chi connectivity index (χ1v) is 13.1. The van der Waals surface area contributed by atoms with E-state index in [9.17, 15) is 18.0 Å². The van der Waals surface area contributed by atoms with Crippen molar-refractivity contribution in [3.8, 4) is 5.75 Å². The number of nitrogens with one attached hydrogen (secondary N) is 1. The van der Waals surface area contributed by atoms with E-state index < -0.39 is 15.7 Å². The summed E-state index contributed by atoms with van der Waals surface area (Å²) in [6.07, 6.45) is 0. The van der Waals surface area contributed by atoms with Gasteiger partial charge in [-0.1, -0.05) is 29.8 Å². The van der Waals surface area contributed by atoms with Gasteiger partial charge in [0.15, 0.2) is 0 Å². The lowest BCUT2D eigenvalue weighted by atomic mass is 10.1. The first-order valence-electron chi connectivity index (χ1n) is 11.6. The van der Waals surface area contributed by atoms with Gasteiger partial charge in [0.05, 0.1) is 28.3 Å². The average molecular weight is 508 g/mol. The van der Waals surface area contributed by atoms with Gasteiger partial charge in [-0.15, -0.1) is 0 Å². The Labute approximate surface area is 211 Å². The van der Waals surface area contributed by atoms with Crippen LogP contribution >= 0.6 is 0 Å². The number of rotatable bonds is 6. The molecule has 4 rings (SSSR count). The molecule has 188 valence electrons. The maximum absolute atomic E-state index is 13.3. The van der Waals surface area contributed by atoms with Crippen LogP contribution in [0, 0.1) is 6.92 Å². The van der Waals surface area contributed by atoms with Crippen molar-refractivity contribution >= 4 is 33.0 Å². The van der Waals surface area contributed by atoms with Crippen molar-refractivity contribution in [2.75, 3.05) is 43.5 Å². The third-order valence-corrected chi connectivity index (χ3v) is 7.98. The highest BCUT2D eigenvalue weighted by molar-refractivity contribution is 7.91. The van der Waals surface area contributed by atoms with Crippen LogP contribution in [0.25, 0.3) is 0 Å². The quantitative estimate of drug-likeness (QED) is 0.546. The van der Waals surface area contributed by atoms with Crippen LogP contribution in [0.15, 0.2) is 76.5 Å². The summed E-state index contributed by atoms with van der Waals surface area (Å²) in [6.45, 7) is 5.42. The van der Waals surface area contributed by atoms with Crippen LogP contribution < -0.4 is 15.0 Å². The number of carbonyl (C=O) groups is 2. The SMILES string of the molecule is COc1ccccc1N1CCN(C(=O)c2ccc(S(=O)(=O)c3ccc(C)cc3)c(NC(C)=O)c2)CC1. The Morgan fingerprint density at radius 2 is 1.58 bits per heavy atom. The van der Waals surface area contributed by atoms with E-state index in [0.29, 0.717) is 31.7 Å². The lowest BCUT2D eigenvalue weighted by Crippen LogP contribution is -2.48. The van der Waals surface area contributed by atoms with Crippen molar-refractivity contribution in [1.82, 2.24) is 4.90 Å². The van der Waals surface area contributed by atoms with Gasteiger partial charge in [-0.2, -0.15) is 0 Å². The van der Waals surface area contributed by atoms with E-state index in [1.54, 1.807) is 24.1 Å². The average Bonchev–Trinajstić information content (AvgIpc) is 2.88. The molecule has 1 heterocycles. The van der Waals surface area contributed by atoms with Gasteiger partial charge < -0.3 is 19.9 Å². The predicted octanol–water partition coefficient (Wildman–Crippen LogP) is 3.76. The van der Waals surface area contributed by atoms with Crippen LogP contribution in [0.1, 0.15) is 22.8 Å². The van der Waals surface area contributed by atoms with Crippen LogP contribution in [-0.2, 0) is 14.6 Å². The molecule has 1 aliphatic heterocycles. The maximum Gasteiger partial charge on any atom is 0.254 e. The second-order valence-corrected chi connectivity index (χ2v) is 10.6. The second kappa shape index (κ2) is 10.4. The molecule has 0 bridgehead atoms. The van der Waals surface area contributed by atoms with Crippen molar-refractivity contribution < 1.29 is 22.7 Å². The molecule has 9 heteroatoms. The molecule has 0 aromatic heterocycles. The summed E-state index contributed by atoms with van der Waals surface area (Å²) in [7, 11) is -2.27. The van der Waals surface area contributed by atoms with Crippen LogP contribution in [0.4, 0.5) is 11.4 Å². The van der Waals surface area contributed by atoms with E-state index in [2.05, 4.69) is 10.2 Å². The Balaban J connectivity index is 1.57. The van der Waals surface area contributed by atoms with Crippen molar-refractivity contribution in [3.05, 3.63) is 77.9 Å². The van der Waals surface area contributed by atoms with Crippen LogP contribution in [-0.4, -0.2) is 58.4 Å². The number of ether oxygens (including phenoxy) is 1. The Morgan fingerprint density at radius 1 is 0.917 bits per heavy atom. The summed E-state index contributed by atoms with van der Waals surface area (Å²) in [5.74, 6) is 0.133. The smallest absolute Gasteiger partial charge is 0.254 e. The third-order valence-electron chi connectivity index (χ3n) is 6.15. The molecule has 2 amide bonds. The van der Waals surface area contributed by atoms with Gasteiger partial charge in [0.1, 0.15) is 5.75 Å². The highest BCUT2D eigenvalue weighted by Gasteiger charge is 2.27. The van der Waals surface area contributed by atoms with Gasteiger partial charge in [0, 0.05) is 38.7 Å². The Bertz CT molecular complexity index is 1380. The minimum atomic E-state index is -3.90. The molecule has 8 nitrogen and oxygen atoms in total. The molecular formula is C27H29N3O5S. The van der Waals surface area contributed by atoms with E-state index in [1.807, 2.05) is 31.2 Å². The van der Waals surface area contributed by atoms with Crippen LogP contribution in [0.2, 0.25) is 0 Å². The predicted molar refractivity (Wildman–Crippen MR) is 138 cm³/mol. The molecule has 1 saturated heterocycles. The monoisotopic (exact) mass is 507 g/mol. The fraction of sp³-hybridized carbons (Fsp3) is 0.259. The summed E-state index contributed by atoms with van der Waals surface area (Å²) in [6, 6.07) is 18.6. The van der Waals surface area contributed by atoms with E-state index in [0.717, 1.165) is 17.0 Å². The third kappa shape index (κ3) is 5.21. The largest absolute Gasteiger partial charge is 0.495 e. The molecule has 0 saturated carbocycles. The summed E-state index contributed by atoms with van der Waals surface area (Å²) in [4.78, 5) is 29.1. The zero-order chi connectivity index (χ0) is 25.9. The fourth-order valence-electron chi connectivity index (χ4n) is 4.25. The van der Waals surface area contributed by atoms with Crippen molar-refractivity contribution in [2.45, 2.75) is 23.6 Å². The zero-order valence-corrected chi connectivity index (χ0v) is 21.3. The molecule has 1 aliphatic rings. The van der Waals surface area contributed by atoms with Crippen molar-refractivity contribution in [3.63, 3.8) is 0 Å². The zero-order valence-electron chi connectivity index (χ0n) is 20.5. The van der Waals surface area contributed by atoms with Gasteiger partial charge in [0.25, 0.3) is 5.91 Å². The lowest BCUT2D eigenvalue weighted by molar-refractivity contribution is -0.114. The van der Waals surface area contributed by atoms with Gasteiger partial charge in [0.2, 0.25) is 15.7 Å². The number of hydrogen-bond acceptors (Lipinski definition) is 6. The van der Waals surface area contributed by atoms with E-state index in [4.69, 9.17) is 4.74 Å². The van der Waals surface area contributed by atoms with Gasteiger partial charge in [-0.05, 0) is 49.4 Å². The molecular weight excluding hydrogens is 478 g/mol. The van der Waals surface area contributed by atoms with E-state index >= 15 is 0 Å². The number of hydrogen-bond donors (Lipinski definition) is 1. The van der Waals surface area contributed by atoms with Crippen molar-refractivity contribution in [2.24, 2.45) is 0 Å². The maximum atomic E-state index is 13.3. The fourth-order valence-corrected chi connectivity index (χ4v) is 5.65. The highest BCUT2D eigenvalue weighted by Crippen LogP contribution is 2.31. The minimum Gasteiger partial charge on any atom is -0.495 e. The first-order chi connectivity index (χ1) is 17.2. The Hall–Kier alpha value is -3.85. The Kier molecular flexibility index (Phi) is 7.30. The minimum absolute atomic E-state index is 0.0564. The molecule has 36 heavy (non-hydrogen) atoms. The number of methoxy groups -OCH3 is 1. The molecule has 1 fully saturated rings. The van der Waals surface area contributed by atoms with Gasteiger partial charge in [-0.25, -0.2) is 8.42 Å².